The Balaban J connectivity index is 3.35. The minimum atomic E-state index is -0.612. The SMILES string of the molecule is CN=C(C)/C(C(=O)OC)=C(\O)c1ccc(Br)cc1. The van der Waals surface area contributed by atoms with E-state index in [2.05, 4.69) is 25.7 Å². The first-order chi connectivity index (χ1) is 8.51. The summed E-state index contributed by atoms with van der Waals surface area (Å²) in [6.07, 6.45) is 0. The van der Waals surface area contributed by atoms with E-state index in [1.165, 1.54) is 7.11 Å². The van der Waals surface area contributed by atoms with Crippen molar-refractivity contribution in [1.82, 2.24) is 0 Å². The molecule has 0 saturated carbocycles. The first-order valence-electron chi connectivity index (χ1n) is 5.22. The number of aliphatic hydroxyl groups is 1. The van der Waals surface area contributed by atoms with Gasteiger partial charge in [-0.25, -0.2) is 4.79 Å². The number of rotatable bonds is 3. The fraction of sp³-hybridized carbons (Fsp3) is 0.231. The van der Waals surface area contributed by atoms with Crippen molar-refractivity contribution in [3.63, 3.8) is 0 Å². The third kappa shape index (κ3) is 3.20. The van der Waals surface area contributed by atoms with Crippen molar-refractivity contribution in [3.8, 4) is 0 Å². The molecule has 0 fully saturated rings. The third-order valence-corrected chi connectivity index (χ3v) is 2.97. The smallest absolute Gasteiger partial charge is 0.343 e. The minimum absolute atomic E-state index is 0.0716. The third-order valence-electron chi connectivity index (χ3n) is 2.44. The van der Waals surface area contributed by atoms with Crippen LogP contribution >= 0.6 is 15.9 Å². The molecule has 4 nitrogen and oxygen atoms in total. The van der Waals surface area contributed by atoms with Crippen LogP contribution in [0.4, 0.5) is 0 Å². The highest BCUT2D eigenvalue weighted by atomic mass is 79.9. The van der Waals surface area contributed by atoms with Gasteiger partial charge in [-0.05, 0) is 19.1 Å². The van der Waals surface area contributed by atoms with Gasteiger partial charge in [0.05, 0.1) is 7.11 Å². The predicted molar refractivity (Wildman–Crippen MR) is 74.7 cm³/mol. The fourth-order valence-electron chi connectivity index (χ4n) is 1.38. The maximum Gasteiger partial charge on any atom is 0.343 e. The summed E-state index contributed by atoms with van der Waals surface area (Å²) in [6, 6.07) is 6.95. The van der Waals surface area contributed by atoms with Crippen molar-refractivity contribution < 1.29 is 14.6 Å². The van der Waals surface area contributed by atoms with Crippen molar-refractivity contribution in [1.29, 1.82) is 0 Å². The molecule has 0 spiro atoms. The van der Waals surface area contributed by atoms with Crippen molar-refractivity contribution in [2.24, 2.45) is 4.99 Å². The Morgan fingerprint density at radius 1 is 1.33 bits per heavy atom. The van der Waals surface area contributed by atoms with Gasteiger partial charge in [0.2, 0.25) is 0 Å². The van der Waals surface area contributed by atoms with E-state index in [-0.39, 0.29) is 11.3 Å². The molecular weight excluding hydrogens is 298 g/mol. The van der Waals surface area contributed by atoms with Gasteiger partial charge in [0.1, 0.15) is 11.3 Å². The van der Waals surface area contributed by atoms with E-state index in [1.54, 1.807) is 38.2 Å². The van der Waals surface area contributed by atoms with Crippen LogP contribution in [-0.2, 0) is 9.53 Å². The number of carbonyl (C=O) groups is 1. The van der Waals surface area contributed by atoms with Gasteiger partial charge in [0.15, 0.2) is 0 Å². The molecule has 0 saturated heterocycles. The summed E-state index contributed by atoms with van der Waals surface area (Å²) in [5.41, 5.74) is 1.02. The summed E-state index contributed by atoms with van der Waals surface area (Å²) in [5.74, 6) is -0.754. The Morgan fingerprint density at radius 3 is 2.33 bits per heavy atom. The Labute approximate surface area is 114 Å². The molecule has 0 radical (unpaired) electrons. The number of benzene rings is 1. The molecule has 0 unspecified atom stereocenters. The highest BCUT2D eigenvalue weighted by Crippen LogP contribution is 2.20. The van der Waals surface area contributed by atoms with Gasteiger partial charge in [-0.2, -0.15) is 0 Å². The molecule has 0 amide bonds. The van der Waals surface area contributed by atoms with Crippen LogP contribution < -0.4 is 0 Å². The lowest BCUT2D eigenvalue weighted by atomic mass is 10.1. The molecule has 96 valence electrons. The van der Waals surface area contributed by atoms with E-state index in [0.717, 1.165) is 4.47 Å². The second kappa shape index (κ2) is 6.35. The zero-order valence-corrected chi connectivity index (χ0v) is 12.0. The van der Waals surface area contributed by atoms with E-state index in [1.807, 2.05) is 0 Å². The fourth-order valence-corrected chi connectivity index (χ4v) is 1.65. The average molecular weight is 312 g/mol. The molecule has 1 N–H and O–H groups in total. The van der Waals surface area contributed by atoms with Crippen LogP contribution in [0.15, 0.2) is 39.3 Å². The Hall–Kier alpha value is -1.62. The maximum atomic E-state index is 11.7. The average Bonchev–Trinajstić information content (AvgIpc) is 2.39. The monoisotopic (exact) mass is 311 g/mol. The lowest BCUT2D eigenvalue weighted by Gasteiger charge is -2.09. The molecule has 1 rings (SSSR count). The van der Waals surface area contributed by atoms with Crippen LogP contribution in [0.2, 0.25) is 0 Å². The highest BCUT2D eigenvalue weighted by Gasteiger charge is 2.19. The number of hydrogen-bond donors (Lipinski definition) is 1. The number of nitrogens with zero attached hydrogens (tertiary/aromatic N) is 1. The van der Waals surface area contributed by atoms with Gasteiger partial charge in [-0.15, -0.1) is 0 Å². The molecule has 0 aliphatic rings. The molecule has 0 aromatic heterocycles. The Kier molecular flexibility index (Phi) is 5.09. The minimum Gasteiger partial charge on any atom is -0.506 e. The summed E-state index contributed by atoms with van der Waals surface area (Å²) < 4.78 is 5.54. The predicted octanol–water partition coefficient (Wildman–Crippen LogP) is 2.98. The normalized spacial score (nSPS) is 13.0. The van der Waals surface area contributed by atoms with Crippen molar-refractivity contribution in [2.45, 2.75) is 6.92 Å². The molecule has 1 aromatic carbocycles. The number of halogens is 1. The number of aliphatic imine (C=N–C) groups is 1. The van der Waals surface area contributed by atoms with Crippen molar-refractivity contribution >= 4 is 33.4 Å². The largest absolute Gasteiger partial charge is 0.506 e. The van der Waals surface area contributed by atoms with E-state index in [9.17, 15) is 9.90 Å². The summed E-state index contributed by atoms with van der Waals surface area (Å²) in [5, 5.41) is 10.2. The van der Waals surface area contributed by atoms with Crippen LogP contribution in [-0.4, -0.2) is 30.9 Å². The molecular formula is C13H14BrNO3. The summed E-state index contributed by atoms with van der Waals surface area (Å²) in [7, 11) is 2.81. The van der Waals surface area contributed by atoms with Crippen molar-refractivity contribution in [3.05, 3.63) is 39.9 Å². The number of ether oxygens (including phenoxy) is 1. The molecule has 0 heterocycles. The number of hydrogen-bond acceptors (Lipinski definition) is 4. The van der Waals surface area contributed by atoms with E-state index in [4.69, 9.17) is 0 Å². The lowest BCUT2D eigenvalue weighted by molar-refractivity contribution is -0.135. The topological polar surface area (TPSA) is 58.9 Å². The van der Waals surface area contributed by atoms with E-state index in [0.29, 0.717) is 11.3 Å². The number of methoxy groups -OCH3 is 1. The summed E-state index contributed by atoms with van der Waals surface area (Å²) in [6.45, 7) is 1.64. The van der Waals surface area contributed by atoms with Gasteiger partial charge in [0.25, 0.3) is 0 Å². The van der Waals surface area contributed by atoms with Crippen LogP contribution in [0.5, 0.6) is 0 Å². The lowest BCUT2D eigenvalue weighted by Crippen LogP contribution is -2.14. The Bertz CT molecular complexity index is 503. The molecule has 0 aliphatic heterocycles. The molecule has 0 bridgehead atoms. The molecule has 1 aromatic rings. The summed E-state index contributed by atoms with van der Waals surface area (Å²) in [4.78, 5) is 15.6. The molecule has 0 aliphatic carbocycles. The standard InChI is InChI=1S/C13H14BrNO3/c1-8(15-2)11(13(17)18-3)12(16)9-4-6-10(14)7-5-9/h4-7,16H,1-3H3/b12-11+,15-8?. The van der Waals surface area contributed by atoms with Crippen LogP contribution in [0.3, 0.4) is 0 Å². The van der Waals surface area contributed by atoms with E-state index < -0.39 is 5.97 Å². The number of carbonyl (C=O) groups excluding carboxylic acids is 1. The van der Waals surface area contributed by atoms with Gasteiger partial charge < -0.3 is 9.84 Å². The molecule has 0 atom stereocenters. The van der Waals surface area contributed by atoms with Crippen LogP contribution in [0, 0.1) is 0 Å². The van der Waals surface area contributed by atoms with Crippen LogP contribution in [0.1, 0.15) is 12.5 Å². The summed E-state index contributed by atoms with van der Waals surface area (Å²) >= 11 is 3.30. The van der Waals surface area contributed by atoms with Gasteiger partial charge in [-0.3, -0.25) is 4.99 Å². The Morgan fingerprint density at radius 2 is 1.89 bits per heavy atom. The zero-order valence-electron chi connectivity index (χ0n) is 10.4. The van der Waals surface area contributed by atoms with Crippen molar-refractivity contribution in [2.75, 3.05) is 14.2 Å². The maximum absolute atomic E-state index is 11.7. The molecule has 5 heteroatoms. The zero-order chi connectivity index (χ0) is 13.7. The highest BCUT2D eigenvalue weighted by molar-refractivity contribution is 9.10. The second-order valence-electron chi connectivity index (χ2n) is 3.53. The number of esters is 1. The quantitative estimate of drug-likeness (QED) is 0.404. The molecule has 18 heavy (non-hydrogen) atoms. The first-order valence-corrected chi connectivity index (χ1v) is 6.01. The second-order valence-corrected chi connectivity index (χ2v) is 4.45. The van der Waals surface area contributed by atoms with E-state index >= 15 is 0 Å². The number of aliphatic hydroxyl groups excluding tert-OH is 1. The van der Waals surface area contributed by atoms with Gasteiger partial charge >= 0.3 is 5.97 Å². The first kappa shape index (κ1) is 14.4. The van der Waals surface area contributed by atoms with Gasteiger partial charge in [0, 0.05) is 22.8 Å². The van der Waals surface area contributed by atoms with Gasteiger partial charge in [-0.1, -0.05) is 28.1 Å². The van der Waals surface area contributed by atoms with Crippen LogP contribution in [0.25, 0.3) is 5.76 Å².